The molecule has 2 unspecified atom stereocenters. The van der Waals surface area contributed by atoms with E-state index in [2.05, 4.69) is 31.1 Å². The summed E-state index contributed by atoms with van der Waals surface area (Å²) in [6.07, 6.45) is 8.99. The lowest BCUT2D eigenvalue weighted by atomic mass is 10.0. The van der Waals surface area contributed by atoms with Crippen LogP contribution in [-0.2, 0) is 0 Å². The monoisotopic (exact) mass is 252 g/mol. The molecular formula is C15H25FN2. The van der Waals surface area contributed by atoms with Gasteiger partial charge in [-0.25, -0.2) is 4.39 Å². The molecule has 0 spiro atoms. The summed E-state index contributed by atoms with van der Waals surface area (Å²) in [7, 11) is 0. The number of nitrogens with one attached hydrogen (secondary N) is 1. The maximum atomic E-state index is 13.1. The molecule has 1 aromatic heterocycles. The first-order chi connectivity index (χ1) is 8.67. The predicted octanol–water partition coefficient (Wildman–Crippen LogP) is 4.23. The van der Waals surface area contributed by atoms with Gasteiger partial charge in [-0.2, -0.15) is 0 Å². The second-order valence-corrected chi connectivity index (χ2v) is 4.95. The molecule has 2 nitrogen and oxygen atoms in total. The Labute approximate surface area is 110 Å². The molecule has 3 heteroatoms. The molecule has 0 aromatic carbocycles. The molecule has 0 aliphatic rings. The zero-order chi connectivity index (χ0) is 13.4. The Morgan fingerprint density at radius 3 is 2.61 bits per heavy atom. The summed E-state index contributed by atoms with van der Waals surface area (Å²) in [5, 5.41) is 3.59. The predicted molar refractivity (Wildman–Crippen MR) is 74.0 cm³/mol. The van der Waals surface area contributed by atoms with Gasteiger partial charge in [0.05, 0.1) is 6.20 Å². The minimum atomic E-state index is -0.262. The number of hydrogen-bond acceptors (Lipinski definition) is 2. The minimum Gasteiger partial charge on any atom is -0.307 e. The molecule has 1 aromatic rings. The number of aromatic nitrogens is 1. The van der Waals surface area contributed by atoms with E-state index in [9.17, 15) is 4.39 Å². The van der Waals surface area contributed by atoms with Crippen LogP contribution in [0.15, 0.2) is 18.5 Å². The van der Waals surface area contributed by atoms with E-state index in [0.717, 1.165) is 5.56 Å². The van der Waals surface area contributed by atoms with E-state index < -0.39 is 0 Å². The van der Waals surface area contributed by atoms with Gasteiger partial charge in [0.2, 0.25) is 0 Å². The second kappa shape index (κ2) is 8.20. The fourth-order valence-electron chi connectivity index (χ4n) is 2.22. The number of halogens is 1. The van der Waals surface area contributed by atoms with E-state index in [4.69, 9.17) is 0 Å². The molecule has 18 heavy (non-hydrogen) atoms. The average Bonchev–Trinajstić information content (AvgIpc) is 2.36. The Bertz CT molecular complexity index is 341. The molecule has 0 aliphatic heterocycles. The lowest BCUT2D eigenvalue weighted by Gasteiger charge is -2.23. The largest absolute Gasteiger partial charge is 0.307 e. The molecule has 2 atom stereocenters. The third-order valence-electron chi connectivity index (χ3n) is 3.26. The summed E-state index contributed by atoms with van der Waals surface area (Å²) < 4.78 is 13.1. The number of hydrogen-bond donors (Lipinski definition) is 1. The smallest absolute Gasteiger partial charge is 0.141 e. The van der Waals surface area contributed by atoms with Gasteiger partial charge in [-0.15, -0.1) is 0 Å². The molecule has 0 radical (unpaired) electrons. The molecule has 0 saturated carbocycles. The van der Waals surface area contributed by atoms with Crippen molar-refractivity contribution in [1.82, 2.24) is 10.3 Å². The van der Waals surface area contributed by atoms with Crippen molar-refractivity contribution in [2.24, 2.45) is 0 Å². The van der Waals surface area contributed by atoms with Crippen LogP contribution in [0.3, 0.4) is 0 Å². The van der Waals surface area contributed by atoms with Gasteiger partial charge < -0.3 is 5.32 Å². The highest BCUT2D eigenvalue weighted by atomic mass is 19.1. The molecule has 0 fully saturated rings. The first-order valence-corrected chi connectivity index (χ1v) is 7.03. The van der Waals surface area contributed by atoms with Gasteiger partial charge >= 0.3 is 0 Å². The third kappa shape index (κ3) is 5.13. The molecule has 1 heterocycles. The summed E-state index contributed by atoms with van der Waals surface area (Å²) in [4.78, 5) is 3.91. The van der Waals surface area contributed by atoms with Gasteiger partial charge in [-0.3, -0.25) is 4.98 Å². The van der Waals surface area contributed by atoms with Crippen LogP contribution in [0.2, 0.25) is 0 Å². The van der Waals surface area contributed by atoms with Crippen molar-refractivity contribution >= 4 is 0 Å². The van der Waals surface area contributed by atoms with Crippen molar-refractivity contribution in [2.75, 3.05) is 0 Å². The Balaban J connectivity index is 2.56. The SMILES string of the molecule is CCCCC(CCC)NC(C)c1cncc(F)c1. The first kappa shape index (κ1) is 15.1. The summed E-state index contributed by atoms with van der Waals surface area (Å²) in [5.41, 5.74) is 0.924. The molecular weight excluding hydrogens is 227 g/mol. The molecule has 1 rings (SSSR count). The summed E-state index contributed by atoms with van der Waals surface area (Å²) in [5.74, 6) is -0.262. The van der Waals surface area contributed by atoms with Crippen molar-refractivity contribution in [3.8, 4) is 0 Å². The summed E-state index contributed by atoms with van der Waals surface area (Å²) >= 11 is 0. The first-order valence-electron chi connectivity index (χ1n) is 7.03. The van der Waals surface area contributed by atoms with Crippen LogP contribution in [0.4, 0.5) is 4.39 Å². The van der Waals surface area contributed by atoms with Crippen molar-refractivity contribution in [2.45, 2.75) is 65.0 Å². The molecule has 0 aliphatic carbocycles. The Kier molecular flexibility index (Phi) is 6.88. The van der Waals surface area contributed by atoms with Gasteiger partial charge in [0.15, 0.2) is 0 Å². The minimum absolute atomic E-state index is 0.154. The average molecular weight is 252 g/mol. The maximum absolute atomic E-state index is 13.1. The fourth-order valence-corrected chi connectivity index (χ4v) is 2.22. The van der Waals surface area contributed by atoms with E-state index in [-0.39, 0.29) is 11.9 Å². The number of rotatable bonds is 8. The van der Waals surface area contributed by atoms with E-state index in [1.165, 1.54) is 38.3 Å². The Morgan fingerprint density at radius 2 is 2.00 bits per heavy atom. The molecule has 0 bridgehead atoms. The molecule has 0 saturated heterocycles. The van der Waals surface area contributed by atoms with E-state index in [0.29, 0.717) is 6.04 Å². The van der Waals surface area contributed by atoms with Gasteiger partial charge in [0.1, 0.15) is 5.82 Å². The van der Waals surface area contributed by atoms with Gasteiger partial charge in [0, 0.05) is 18.3 Å². The zero-order valence-electron chi connectivity index (χ0n) is 11.7. The van der Waals surface area contributed by atoms with Crippen LogP contribution >= 0.6 is 0 Å². The lowest BCUT2D eigenvalue weighted by molar-refractivity contribution is 0.395. The standard InChI is InChI=1S/C15H25FN2/c1-4-6-8-15(7-5-2)18-12(3)13-9-14(16)11-17-10-13/h9-12,15,18H,4-8H2,1-3H3. The van der Waals surface area contributed by atoms with Crippen molar-refractivity contribution < 1.29 is 4.39 Å². The van der Waals surface area contributed by atoms with Crippen LogP contribution in [0, 0.1) is 5.82 Å². The van der Waals surface area contributed by atoms with Crippen LogP contribution in [0.5, 0.6) is 0 Å². The summed E-state index contributed by atoms with van der Waals surface area (Å²) in [6.45, 7) is 6.49. The Morgan fingerprint density at radius 1 is 1.22 bits per heavy atom. The molecule has 102 valence electrons. The van der Waals surface area contributed by atoms with Crippen molar-refractivity contribution in [1.29, 1.82) is 0 Å². The highest BCUT2D eigenvalue weighted by Crippen LogP contribution is 2.16. The maximum Gasteiger partial charge on any atom is 0.141 e. The van der Waals surface area contributed by atoms with Crippen LogP contribution in [-0.4, -0.2) is 11.0 Å². The van der Waals surface area contributed by atoms with Gasteiger partial charge in [-0.05, 0) is 31.4 Å². The topological polar surface area (TPSA) is 24.9 Å². The molecule has 1 N–H and O–H groups in total. The van der Waals surface area contributed by atoms with Crippen molar-refractivity contribution in [3.63, 3.8) is 0 Å². The highest BCUT2D eigenvalue weighted by Gasteiger charge is 2.13. The van der Waals surface area contributed by atoms with Gasteiger partial charge in [-0.1, -0.05) is 33.1 Å². The highest BCUT2D eigenvalue weighted by molar-refractivity contribution is 5.14. The number of unbranched alkanes of at least 4 members (excludes halogenated alkanes) is 1. The lowest BCUT2D eigenvalue weighted by Crippen LogP contribution is -2.31. The second-order valence-electron chi connectivity index (χ2n) is 4.95. The van der Waals surface area contributed by atoms with Crippen molar-refractivity contribution in [3.05, 3.63) is 29.8 Å². The fraction of sp³-hybridized carbons (Fsp3) is 0.667. The number of pyridine rings is 1. The van der Waals surface area contributed by atoms with Crippen LogP contribution in [0.1, 0.15) is 64.5 Å². The van der Waals surface area contributed by atoms with Crippen LogP contribution < -0.4 is 5.32 Å². The van der Waals surface area contributed by atoms with E-state index in [1.807, 2.05) is 0 Å². The molecule has 0 amide bonds. The normalized spacial score (nSPS) is 14.4. The Hall–Kier alpha value is -0.960. The number of nitrogens with zero attached hydrogens (tertiary/aromatic N) is 1. The quantitative estimate of drug-likeness (QED) is 0.749. The zero-order valence-corrected chi connectivity index (χ0v) is 11.7. The van der Waals surface area contributed by atoms with Crippen LogP contribution in [0.25, 0.3) is 0 Å². The summed E-state index contributed by atoms with van der Waals surface area (Å²) in [6, 6.07) is 2.24. The van der Waals surface area contributed by atoms with E-state index >= 15 is 0 Å². The van der Waals surface area contributed by atoms with Gasteiger partial charge in [0.25, 0.3) is 0 Å². The van der Waals surface area contributed by atoms with E-state index in [1.54, 1.807) is 12.3 Å². The third-order valence-corrected chi connectivity index (χ3v) is 3.26.